The first kappa shape index (κ1) is 8.19. The number of ether oxygens (including phenoxy) is 2. The van der Waals surface area contributed by atoms with E-state index in [2.05, 4.69) is 10.2 Å². The summed E-state index contributed by atoms with van der Waals surface area (Å²) in [6.07, 6.45) is 0. The van der Waals surface area contributed by atoms with Gasteiger partial charge >= 0.3 is 17.8 Å². The zero-order chi connectivity index (χ0) is 9.97. The van der Waals surface area contributed by atoms with Crippen molar-refractivity contribution in [2.24, 2.45) is 5.41 Å². The molecule has 3 aliphatic heterocycles. The summed E-state index contributed by atoms with van der Waals surface area (Å²) in [5.74, 6) is -2.95. The van der Waals surface area contributed by atoms with Crippen molar-refractivity contribution in [1.82, 2.24) is 10.2 Å². The molecule has 0 aliphatic carbocycles. The summed E-state index contributed by atoms with van der Waals surface area (Å²) in [6.45, 7) is 2.28. The molecule has 2 spiro atoms. The summed E-state index contributed by atoms with van der Waals surface area (Å²) in [5, 5.41) is 2.88. The Balaban J connectivity index is 1.86. The summed E-state index contributed by atoms with van der Waals surface area (Å²) >= 11 is 0. The summed E-state index contributed by atoms with van der Waals surface area (Å²) in [5.41, 5.74) is -0.219. The summed E-state index contributed by atoms with van der Waals surface area (Å²) < 4.78 is 9.91. The smallest absolute Gasteiger partial charge is 0.399 e. The third kappa shape index (κ3) is 0.699. The molecule has 0 atom stereocenters. The van der Waals surface area contributed by atoms with E-state index in [1.807, 2.05) is 7.05 Å². The normalized spacial score (nSPS) is 32.4. The molecule has 3 fully saturated rings. The Bertz CT molecular complexity index is 318. The van der Waals surface area contributed by atoms with Gasteiger partial charge in [-0.25, -0.2) is 14.9 Å². The molecule has 0 bridgehead atoms. The van der Waals surface area contributed by atoms with E-state index in [1.54, 1.807) is 0 Å². The van der Waals surface area contributed by atoms with Crippen molar-refractivity contribution in [1.29, 1.82) is 0 Å². The number of carbonyl (C=O) groups is 2. The number of rotatable bonds is 0. The maximum atomic E-state index is 10.9. The van der Waals surface area contributed by atoms with Crippen LogP contribution in [0.4, 0.5) is 0 Å². The van der Waals surface area contributed by atoms with Gasteiger partial charge in [0.15, 0.2) is 0 Å². The molecule has 0 aromatic rings. The van der Waals surface area contributed by atoms with Gasteiger partial charge in [0, 0.05) is 19.6 Å². The van der Waals surface area contributed by atoms with Crippen LogP contribution in [0.25, 0.3) is 0 Å². The van der Waals surface area contributed by atoms with Crippen molar-refractivity contribution in [3.05, 3.63) is 0 Å². The maximum absolute atomic E-state index is 10.9. The molecule has 1 N–H and O–H groups in total. The molecule has 0 saturated carbocycles. The molecular weight excluding hydrogens is 188 g/mol. The quantitative estimate of drug-likeness (QED) is 0.369. The molecule has 14 heavy (non-hydrogen) atoms. The Morgan fingerprint density at radius 2 is 1.86 bits per heavy atom. The minimum atomic E-state index is -1.16. The van der Waals surface area contributed by atoms with Crippen LogP contribution >= 0.6 is 0 Å². The van der Waals surface area contributed by atoms with Crippen molar-refractivity contribution in [3.8, 4) is 0 Å². The largest absolute Gasteiger partial charge is 0.421 e. The third-order valence-electron chi connectivity index (χ3n) is 3.14. The lowest BCUT2D eigenvalue weighted by atomic mass is 9.70. The van der Waals surface area contributed by atoms with Crippen LogP contribution in [0.15, 0.2) is 0 Å². The van der Waals surface area contributed by atoms with Gasteiger partial charge in [-0.15, -0.1) is 0 Å². The minimum Gasteiger partial charge on any atom is -0.399 e. The molecule has 0 amide bonds. The van der Waals surface area contributed by atoms with Crippen LogP contribution < -0.4 is 5.32 Å². The fourth-order valence-corrected chi connectivity index (χ4v) is 2.44. The second-order valence-corrected chi connectivity index (χ2v) is 4.20. The number of nitrogens with zero attached hydrogens (tertiary/aromatic N) is 1. The van der Waals surface area contributed by atoms with Crippen molar-refractivity contribution in [3.63, 3.8) is 0 Å². The van der Waals surface area contributed by atoms with Gasteiger partial charge in [0.2, 0.25) is 0 Å². The Hall–Kier alpha value is -1.14. The fraction of sp³-hybridized carbons (Fsp3) is 0.750. The van der Waals surface area contributed by atoms with E-state index in [0.717, 1.165) is 19.6 Å². The molecule has 0 radical (unpaired) electrons. The fourth-order valence-electron chi connectivity index (χ4n) is 2.44. The predicted molar refractivity (Wildman–Crippen MR) is 42.8 cm³/mol. The van der Waals surface area contributed by atoms with E-state index in [1.165, 1.54) is 0 Å². The van der Waals surface area contributed by atoms with E-state index in [-0.39, 0.29) is 5.41 Å². The van der Waals surface area contributed by atoms with Gasteiger partial charge in [-0.2, -0.15) is 0 Å². The summed E-state index contributed by atoms with van der Waals surface area (Å²) in [7, 11) is 1.97. The molecule has 0 unspecified atom stereocenters. The van der Waals surface area contributed by atoms with Crippen LogP contribution in [0.1, 0.15) is 0 Å². The number of carbonyl (C=O) groups excluding carboxylic acids is 2. The van der Waals surface area contributed by atoms with Gasteiger partial charge in [0.05, 0.1) is 0 Å². The topological polar surface area (TPSA) is 67.9 Å². The third-order valence-corrected chi connectivity index (χ3v) is 3.14. The highest BCUT2D eigenvalue weighted by Gasteiger charge is 2.73. The number of esters is 2. The van der Waals surface area contributed by atoms with Gasteiger partial charge in [0.25, 0.3) is 0 Å². The SMILES string of the molecule is CN1CC2(CNC23OC(=O)C(=O)O3)C1. The van der Waals surface area contributed by atoms with Gasteiger partial charge in [-0.05, 0) is 7.05 Å². The molecule has 6 heteroatoms. The van der Waals surface area contributed by atoms with Crippen LogP contribution in [0.2, 0.25) is 0 Å². The lowest BCUT2D eigenvalue weighted by Gasteiger charge is -2.61. The predicted octanol–water partition coefficient (Wildman–Crippen LogP) is -1.72. The lowest BCUT2D eigenvalue weighted by molar-refractivity contribution is -0.329. The minimum absolute atomic E-state index is 0.219. The number of nitrogens with one attached hydrogen (secondary N) is 1. The number of hydrogen-bond acceptors (Lipinski definition) is 6. The lowest BCUT2D eigenvalue weighted by Crippen LogP contribution is -2.83. The standard InChI is InChI=1S/C8H10N2O4/c1-10-3-7(4-10)2-9-8(7)13-5(11)6(12)14-8/h9H,2-4H2,1H3. The Labute approximate surface area is 80.1 Å². The average molecular weight is 198 g/mol. The molecular formula is C8H10N2O4. The second kappa shape index (κ2) is 2.09. The zero-order valence-electron chi connectivity index (χ0n) is 7.70. The molecule has 0 aromatic heterocycles. The van der Waals surface area contributed by atoms with Gasteiger partial charge in [0.1, 0.15) is 5.41 Å². The van der Waals surface area contributed by atoms with Crippen LogP contribution in [-0.4, -0.2) is 49.4 Å². The van der Waals surface area contributed by atoms with E-state index < -0.39 is 17.8 Å². The highest BCUT2D eigenvalue weighted by atomic mass is 16.8. The highest BCUT2D eigenvalue weighted by Crippen LogP contribution is 2.49. The molecule has 3 saturated heterocycles. The number of hydrogen-bond donors (Lipinski definition) is 1. The molecule has 3 aliphatic rings. The first-order chi connectivity index (χ1) is 6.57. The van der Waals surface area contributed by atoms with Crippen molar-refractivity contribution in [2.75, 3.05) is 26.7 Å². The Morgan fingerprint density at radius 1 is 1.29 bits per heavy atom. The zero-order valence-corrected chi connectivity index (χ0v) is 7.70. The van der Waals surface area contributed by atoms with Crippen molar-refractivity contribution >= 4 is 11.9 Å². The highest BCUT2D eigenvalue weighted by molar-refractivity contribution is 6.31. The maximum Gasteiger partial charge on any atom is 0.421 e. The number of likely N-dealkylation sites (tertiary alicyclic amines) is 1. The Morgan fingerprint density at radius 3 is 2.21 bits per heavy atom. The van der Waals surface area contributed by atoms with E-state index >= 15 is 0 Å². The molecule has 3 heterocycles. The first-order valence-electron chi connectivity index (χ1n) is 4.47. The second-order valence-electron chi connectivity index (χ2n) is 4.20. The van der Waals surface area contributed by atoms with E-state index in [0.29, 0.717) is 0 Å². The van der Waals surface area contributed by atoms with Gasteiger partial charge in [-0.1, -0.05) is 0 Å². The van der Waals surface area contributed by atoms with Crippen molar-refractivity contribution < 1.29 is 19.1 Å². The van der Waals surface area contributed by atoms with Crippen LogP contribution in [0.3, 0.4) is 0 Å². The van der Waals surface area contributed by atoms with Gasteiger partial charge in [-0.3, -0.25) is 0 Å². The first-order valence-corrected chi connectivity index (χ1v) is 4.47. The average Bonchev–Trinajstić information content (AvgIpc) is 2.38. The van der Waals surface area contributed by atoms with Gasteiger partial charge < -0.3 is 14.4 Å². The monoisotopic (exact) mass is 198 g/mol. The van der Waals surface area contributed by atoms with Crippen LogP contribution in [0.5, 0.6) is 0 Å². The van der Waals surface area contributed by atoms with Crippen molar-refractivity contribution in [2.45, 2.75) is 5.91 Å². The van der Waals surface area contributed by atoms with E-state index in [4.69, 9.17) is 9.47 Å². The summed E-state index contributed by atoms with van der Waals surface area (Å²) in [6, 6.07) is 0. The molecule has 0 aromatic carbocycles. The molecule has 3 rings (SSSR count). The summed E-state index contributed by atoms with van der Waals surface area (Å²) in [4.78, 5) is 24.0. The van der Waals surface area contributed by atoms with Crippen LogP contribution in [-0.2, 0) is 19.1 Å². The molecule has 6 nitrogen and oxygen atoms in total. The number of fused-ring (bicyclic) bond motifs is 1. The molecule has 76 valence electrons. The van der Waals surface area contributed by atoms with E-state index in [9.17, 15) is 9.59 Å². The van der Waals surface area contributed by atoms with Crippen LogP contribution in [0, 0.1) is 5.41 Å². The Kier molecular flexibility index (Phi) is 1.22.